The first kappa shape index (κ1) is 16.9. The number of nitrogens with zero attached hydrogens (tertiary/aromatic N) is 3. The number of amides is 1. The van der Waals surface area contributed by atoms with Crippen LogP contribution in [0.3, 0.4) is 0 Å². The lowest BCUT2D eigenvalue weighted by atomic mass is 10.1. The fourth-order valence-electron chi connectivity index (χ4n) is 3.11. The van der Waals surface area contributed by atoms with Crippen LogP contribution in [-0.2, 0) is 6.54 Å². The highest BCUT2D eigenvalue weighted by Crippen LogP contribution is 2.25. The molecule has 27 heavy (non-hydrogen) atoms. The smallest absolute Gasteiger partial charge is 0.255 e. The zero-order chi connectivity index (χ0) is 18.8. The average molecular weight is 360 g/mol. The van der Waals surface area contributed by atoms with Gasteiger partial charge in [-0.25, -0.2) is 4.39 Å². The van der Waals surface area contributed by atoms with Crippen LogP contribution in [0.4, 0.5) is 10.1 Å². The molecular weight excluding hydrogens is 343 g/mol. The summed E-state index contributed by atoms with van der Waals surface area (Å²) in [5.74, 6) is -0.851. The number of nitrogens with one attached hydrogen (secondary N) is 1. The first-order valence-electron chi connectivity index (χ1n) is 8.63. The quantitative estimate of drug-likeness (QED) is 0.582. The van der Waals surface area contributed by atoms with Crippen LogP contribution < -0.4 is 5.32 Å². The lowest BCUT2D eigenvalue weighted by Crippen LogP contribution is -2.13. The summed E-state index contributed by atoms with van der Waals surface area (Å²) in [5, 5.41) is 7.89. The van der Waals surface area contributed by atoms with Gasteiger partial charge in [-0.2, -0.15) is 5.10 Å². The van der Waals surface area contributed by atoms with Crippen LogP contribution in [-0.4, -0.2) is 20.7 Å². The maximum Gasteiger partial charge on any atom is 0.255 e. The molecule has 6 heteroatoms. The van der Waals surface area contributed by atoms with Crippen molar-refractivity contribution in [1.29, 1.82) is 0 Å². The molecule has 0 saturated heterocycles. The van der Waals surface area contributed by atoms with Gasteiger partial charge in [-0.3, -0.25) is 14.5 Å². The number of hydrogen-bond acceptors (Lipinski definition) is 3. The van der Waals surface area contributed by atoms with E-state index in [1.54, 1.807) is 35.3 Å². The minimum atomic E-state index is -0.471. The van der Waals surface area contributed by atoms with Crippen molar-refractivity contribution in [1.82, 2.24) is 14.8 Å². The normalized spacial score (nSPS) is 10.9. The summed E-state index contributed by atoms with van der Waals surface area (Å²) >= 11 is 0. The molecule has 1 amide bonds. The van der Waals surface area contributed by atoms with E-state index >= 15 is 0 Å². The van der Waals surface area contributed by atoms with E-state index in [1.165, 1.54) is 12.1 Å². The maximum absolute atomic E-state index is 14.2. The Morgan fingerprint density at radius 2 is 2.00 bits per heavy atom. The number of fused-ring (bicyclic) bond motifs is 1. The maximum atomic E-state index is 14.2. The molecule has 0 aliphatic carbocycles. The number of aromatic nitrogens is 3. The second-order valence-electron chi connectivity index (χ2n) is 6.09. The summed E-state index contributed by atoms with van der Waals surface area (Å²) in [6.45, 7) is 2.61. The van der Waals surface area contributed by atoms with Crippen LogP contribution >= 0.6 is 0 Å². The molecule has 4 rings (SSSR count). The highest BCUT2D eigenvalue weighted by molar-refractivity contribution is 6.09. The van der Waals surface area contributed by atoms with Crippen LogP contribution in [0.2, 0.25) is 0 Å². The van der Waals surface area contributed by atoms with Crippen molar-refractivity contribution in [3.8, 4) is 11.3 Å². The standard InChI is InChI=1S/C21H17FN4O/c1-2-26-20(8-10-24-26)14-11-15(13-16(22)12-14)21(27)25-19-7-3-6-18-17(19)5-4-9-23-18/h3-13H,2H2,1H3,(H,25,27). The third kappa shape index (κ3) is 3.29. The molecule has 0 unspecified atom stereocenters. The number of halogens is 1. The van der Waals surface area contributed by atoms with Crippen molar-refractivity contribution in [3.05, 3.63) is 78.4 Å². The summed E-state index contributed by atoms with van der Waals surface area (Å²) in [7, 11) is 0. The van der Waals surface area contributed by atoms with Crippen molar-refractivity contribution in [2.24, 2.45) is 0 Å². The van der Waals surface area contributed by atoms with Crippen LogP contribution in [0.15, 0.2) is 67.0 Å². The molecule has 0 fully saturated rings. The minimum Gasteiger partial charge on any atom is -0.321 e. The summed E-state index contributed by atoms with van der Waals surface area (Å²) < 4.78 is 15.9. The Kier molecular flexibility index (Phi) is 4.38. The molecule has 0 aliphatic heterocycles. The minimum absolute atomic E-state index is 0.245. The summed E-state index contributed by atoms with van der Waals surface area (Å²) in [4.78, 5) is 17.0. The van der Waals surface area contributed by atoms with Gasteiger partial charge in [0.25, 0.3) is 5.91 Å². The number of hydrogen-bond donors (Lipinski definition) is 1. The summed E-state index contributed by atoms with van der Waals surface area (Å²) in [6.07, 6.45) is 3.36. The Balaban J connectivity index is 1.70. The number of benzene rings is 2. The van der Waals surface area contributed by atoms with E-state index < -0.39 is 5.82 Å². The fraction of sp³-hybridized carbons (Fsp3) is 0.0952. The Morgan fingerprint density at radius 3 is 2.85 bits per heavy atom. The molecule has 2 heterocycles. The molecule has 0 bridgehead atoms. The van der Waals surface area contributed by atoms with Crippen molar-refractivity contribution in [3.63, 3.8) is 0 Å². The topological polar surface area (TPSA) is 59.8 Å². The molecule has 134 valence electrons. The van der Waals surface area contributed by atoms with Crippen LogP contribution in [0.25, 0.3) is 22.2 Å². The van der Waals surface area contributed by atoms with Gasteiger partial charge in [0.05, 0.1) is 16.9 Å². The van der Waals surface area contributed by atoms with E-state index in [0.717, 1.165) is 16.6 Å². The Morgan fingerprint density at radius 1 is 1.11 bits per heavy atom. The van der Waals surface area contributed by atoms with Crippen molar-refractivity contribution < 1.29 is 9.18 Å². The number of pyridine rings is 1. The van der Waals surface area contributed by atoms with E-state index in [-0.39, 0.29) is 11.5 Å². The molecule has 0 saturated carbocycles. The lowest BCUT2D eigenvalue weighted by Gasteiger charge is -2.10. The molecule has 4 aromatic rings. The largest absolute Gasteiger partial charge is 0.321 e. The lowest BCUT2D eigenvalue weighted by molar-refractivity contribution is 0.102. The summed E-state index contributed by atoms with van der Waals surface area (Å²) in [6, 6.07) is 15.3. The number of aryl methyl sites for hydroxylation is 1. The van der Waals surface area contributed by atoms with Gasteiger partial charge in [-0.15, -0.1) is 0 Å². The Labute approximate surface area is 155 Å². The first-order valence-corrected chi connectivity index (χ1v) is 8.63. The third-order valence-corrected chi connectivity index (χ3v) is 4.37. The number of carbonyl (C=O) groups excluding carboxylic acids is 1. The fourth-order valence-corrected chi connectivity index (χ4v) is 3.11. The van der Waals surface area contributed by atoms with E-state index in [1.807, 2.05) is 31.2 Å². The molecular formula is C21H17FN4O. The molecule has 1 N–H and O–H groups in total. The highest BCUT2D eigenvalue weighted by Gasteiger charge is 2.13. The zero-order valence-corrected chi connectivity index (χ0v) is 14.7. The predicted molar refractivity (Wildman–Crippen MR) is 103 cm³/mol. The van der Waals surface area contributed by atoms with Crippen molar-refractivity contribution in [2.45, 2.75) is 13.5 Å². The Hall–Kier alpha value is -3.54. The Bertz CT molecular complexity index is 1130. The molecule has 0 spiro atoms. The SMILES string of the molecule is CCn1nccc1-c1cc(F)cc(C(=O)Nc2cccc3ncccc23)c1. The average Bonchev–Trinajstić information content (AvgIpc) is 3.17. The van der Waals surface area contributed by atoms with Gasteiger partial charge < -0.3 is 5.32 Å². The second-order valence-corrected chi connectivity index (χ2v) is 6.09. The molecule has 2 aromatic heterocycles. The highest BCUT2D eigenvalue weighted by atomic mass is 19.1. The molecule has 2 aromatic carbocycles. The number of carbonyl (C=O) groups is 1. The molecule has 5 nitrogen and oxygen atoms in total. The van der Waals surface area contributed by atoms with E-state index in [9.17, 15) is 9.18 Å². The third-order valence-electron chi connectivity index (χ3n) is 4.37. The number of rotatable bonds is 4. The van der Waals surface area contributed by atoms with Gasteiger partial charge >= 0.3 is 0 Å². The zero-order valence-electron chi connectivity index (χ0n) is 14.7. The van der Waals surface area contributed by atoms with Gasteiger partial charge in [0, 0.05) is 35.5 Å². The van der Waals surface area contributed by atoms with Crippen LogP contribution in [0.5, 0.6) is 0 Å². The first-order chi connectivity index (χ1) is 13.2. The second kappa shape index (κ2) is 6.99. The number of anilines is 1. The van der Waals surface area contributed by atoms with E-state index in [0.29, 0.717) is 17.8 Å². The van der Waals surface area contributed by atoms with Gasteiger partial charge in [0.15, 0.2) is 0 Å². The van der Waals surface area contributed by atoms with Gasteiger partial charge in [-0.1, -0.05) is 6.07 Å². The van der Waals surface area contributed by atoms with Crippen molar-refractivity contribution >= 4 is 22.5 Å². The molecule has 0 radical (unpaired) electrons. The molecule has 0 aliphatic rings. The van der Waals surface area contributed by atoms with Crippen LogP contribution in [0, 0.1) is 5.82 Å². The van der Waals surface area contributed by atoms with Gasteiger partial charge in [0.1, 0.15) is 5.82 Å². The molecule has 0 atom stereocenters. The monoisotopic (exact) mass is 360 g/mol. The van der Waals surface area contributed by atoms with Gasteiger partial charge in [0.2, 0.25) is 0 Å². The van der Waals surface area contributed by atoms with Crippen molar-refractivity contribution in [2.75, 3.05) is 5.32 Å². The van der Waals surface area contributed by atoms with Crippen LogP contribution in [0.1, 0.15) is 17.3 Å². The predicted octanol–water partition coefficient (Wildman–Crippen LogP) is 4.51. The van der Waals surface area contributed by atoms with E-state index in [2.05, 4.69) is 15.4 Å². The van der Waals surface area contributed by atoms with E-state index in [4.69, 9.17) is 0 Å². The summed E-state index contributed by atoms with van der Waals surface area (Å²) in [5.41, 5.74) is 3.03. The van der Waals surface area contributed by atoms with Gasteiger partial charge in [-0.05, 0) is 55.5 Å².